The second kappa shape index (κ2) is 4.09. The third-order valence-electron chi connectivity index (χ3n) is 2.31. The molecule has 76 valence electrons. The van der Waals surface area contributed by atoms with Crippen molar-refractivity contribution in [2.75, 3.05) is 0 Å². The minimum Gasteiger partial charge on any atom is -0.268 e. The second-order valence-corrected chi connectivity index (χ2v) is 3.36. The van der Waals surface area contributed by atoms with Gasteiger partial charge < -0.3 is 0 Å². The molecule has 0 unspecified atom stereocenters. The van der Waals surface area contributed by atoms with Gasteiger partial charge in [-0.15, -0.1) is 0 Å². The Hall–Kier alpha value is -1.90. The number of nitrogens with zero attached hydrogens (tertiary/aromatic N) is 1. The summed E-state index contributed by atoms with van der Waals surface area (Å²) in [7, 11) is 0. The minimum atomic E-state index is -0.176. The maximum absolute atomic E-state index is 10.9. The van der Waals surface area contributed by atoms with Gasteiger partial charge in [0.1, 0.15) is 0 Å². The summed E-state index contributed by atoms with van der Waals surface area (Å²) >= 11 is 0. The summed E-state index contributed by atoms with van der Waals surface area (Å²) in [6.45, 7) is 2.11. The number of H-pyrrole nitrogens is 1. The van der Waals surface area contributed by atoms with Crippen molar-refractivity contribution in [2.24, 2.45) is 0 Å². The van der Waals surface area contributed by atoms with Crippen LogP contribution in [0.4, 0.5) is 0 Å². The molecule has 0 atom stereocenters. The number of aromatic nitrogens is 2. The smallest absolute Gasteiger partial charge is 0.264 e. The highest BCUT2D eigenvalue weighted by Gasteiger charge is 1.99. The molecule has 0 aliphatic rings. The molecule has 0 spiro atoms. The van der Waals surface area contributed by atoms with Gasteiger partial charge in [0.2, 0.25) is 0 Å². The Morgan fingerprint density at radius 3 is 2.80 bits per heavy atom. The standard InChI is InChI=1S/C12H12N2O/c1-2-9-4-3-5-10(8-9)11-6-7-12(15)14-13-11/h3-8H,2H2,1H3,(H,14,15). The Balaban J connectivity index is 2.44. The highest BCUT2D eigenvalue weighted by Crippen LogP contribution is 2.16. The van der Waals surface area contributed by atoms with Gasteiger partial charge >= 0.3 is 0 Å². The fraction of sp³-hybridized carbons (Fsp3) is 0.167. The van der Waals surface area contributed by atoms with E-state index in [-0.39, 0.29) is 5.56 Å². The molecule has 2 rings (SSSR count). The van der Waals surface area contributed by atoms with Crippen LogP contribution in [0.1, 0.15) is 12.5 Å². The Labute approximate surface area is 87.8 Å². The summed E-state index contributed by atoms with van der Waals surface area (Å²) in [6.07, 6.45) is 0.997. The maximum Gasteiger partial charge on any atom is 0.264 e. The van der Waals surface area contributed by atoms with Crippen molar-refractivity contribution in [1.29, 1.82) is 0 Å². The zero-order valence-corrected chi connectivity index (χ0v) is 8.53. The number of hydrogen-bond acceptors (Lipinski definition) is 2. The van der Waals surface area contributed by atoms with Gasteiger partial charge in [-0.1, -0.05) is 25.1 Å². The fourth-order valence-electron chi connectivity index (χ4n) is 1.46. The lowest BCUT2D eigenvalue weighted by molar-refractivity contribution is 0.994. The van der Waals surface area contributed by atoms with Crippen molar-refractivity contribution in [3.8, 4) is 11.3 Å². The van der Waals surface area contributed by atoms with Crippen LogP contribution in [-0.2, 0) is 6.42 Å². The average molecular weight is 200 g/mol. The van der Waals surface area contributed by atoms with E-state index in [0.29, 0.717) is 0 Å². The van der Waals surface area contributed by atoms with Crippen LogP contribution in [0.3, 0.4) is 0 Å². The molecule has 15 heavy (non-hydrogen) atoms. The number of nitrogens with one attached hydrogen (secondary N) is 1. The van der Waals surface area contributed by atoms with E-state index in [9.17, 15) is 4.79 Å². The first-order chi connectivity index (χ1) is 7.29. The van der Waals surface area contributed by atoms with Crippen LogP contribution in [-0.4, -0.2) is 10.2 Å². The topological polar surface area (TPSA) is 45.8 Å². The van der Waals surface area contributed by atoms with E-state index in [2.05, 4.69) is 29.3 Å². The molecule has 0 saturated carbocycles. The van der Waals surface area contributed by atoms with Crippen molar-refractivity contribution < 1.29 is 0 Å². The van der Waals surface area contributed by atoms with E-state index < -0.39 is 0 Å². The molecular formula is C12H12N2O. The lowest BCUT2D eigenvalue weighted by Crippen LogP contribution is -2.05. The van der Waals surface area contributed by atoms with E-state index in [4.69, 9.17) is 0 Å². The van der Waals surface area contributed by atoms with Gasteiger partial charge in [-0.05, 0) is 24.1 Å². The Kier molecular flexibility index (Phi) is 2.63. The third kappa shape index (κ3) is 2.13. The molecule has 3 nitrogen and oxygen atoms in total. The molecule has 0 fully saturated rings. The first-order valence-electron chi connectivity index (χ1n) is 4.94. The predicted octanol–water partition coefficient (Wildman–Crippen LogP) is 2.00. The van der Waals surface area contributed by atoms with Gasteiger partial charge in [0.25, 0.3) is 5.56 Å². The highest BCUT2D eigenvalue weighted by atomic mass is 16.1. The van der Waals surface area contributed by atoms with Crippen LogP contribution in [0, 0.1) is 0 Å². The number of aromatic amines is 1. The molecule has 1 aromatic heterocycles. The molecule has 1 N–H and O–H groups in total. The summed E-state index contributed by atoms with van der Waals surface area (Å²) in [5.41, 5.74) is 2.92. The summed E-state index contributed by atoms with van der Waals surface area (Å²) < 4.78 is 0. The second-order valence-electron chi connectivity index (χ2n) is 3.36. The third-order valence-corrected chi connectivity index (χ3v) is 2.31. The first-order valence-corrected chi connectivity index (χ1v) is 4.94. The van der Waals surface area contributed by atoms with Crippen LogP contribution in [0.15, 0.2) is 41.2 Å². The maximum atomic E-state index is 10.9. The van der Waals surface area contributed by atoms with Crippen LogP contribution in [0.5, 0.6) is 0 Å². The van der Waals surface area contributed by atoms with Crippen molar-refractivity contribution in [1.82, 2.24) is 10.2 Å². The van der Waals surface area contributed by atoms with Gasteiger partial charge in [-0.3, -0.25) is 4.79 Å². The number of benzene rings is 1. The molecule has 0 radical (unpaired) electrons. The highest BCUT2D eigenvalue weighted by molar-refractivity contribution is 5.59. The molecule has 0 aliphatic heterocycles. The lowest BCUT2D eigenvalue weighted by Gasteiger charge is -2.01. The van der Waals surface area contributed by atoms with Crippen molar-refractivity contribution in [3.05, 3.63) is 52.3 Å². The Morgan fingerprint density at radius 1 is 1.27 bits per heavy atom. The summed E-state index contributed by atoms with van der Waals surface area (Å²) in [5.74, 6) is 0. The van der Waals surface area contributed by atoms with Crippen LogP contribution >= 0.6 is 0 Å². The van der Waals surface area contributed by atoms with Gasteiger partial charge in [0.15, 0.2) is 0 Å². The molecule has 0 aliphatic carbocycles. The summed E-state index contributed by atoms with van der Waals surface area (Å²) in [5, 5.41) is 6.42. The molecule has 2 aromatic rings. The molecule has 0 bridgehead atoms. The molecular weight excluding hydrogens is 188 g/mol. The molecule has 0 amide bonds. The van der Waals surface area contributed by atoms with E-state index >= 15 is 0 Å². The van der Waals surface area contributed by atoms with Crippen LogP contribution in [0.2, 0.25) is 0 Å². The van der Waals surface area contributed by atoms with E-state index in [1.807, 2.05) is 12.1 Å². The first kappa shape index (κ1) is 9.65. The fourth-order valence-corrected chi connectivity index (χ4v) is 1.46. The van der Waals surface area contributed by atoms with Gasteiger partial charge in [-0.2, -0.15) is 5.10 Å². The van der Waals surface area contributed by atoms with Crippen LogP contribution < -0.4 is 5.56 Å². The van der Waals surface area contributed by atoms with Gasteiger partial charge in [0.05, 0.1) is 5.69 Å². The van der Waals surface area contributed by atoms with Crippen molar-refractivity contribution in [2.45, 2.75) is 13.3 Å². The largest absolute Gasteiger partial charge is 0.268 e. The van der Waals surface area contributed by atoms with Gasteiger partial charge in [-0.25, -0.2) is 5.10 Å². The molecule has 1 heterocycles. The predicted molar refractivity (Wildman–Crippen MR) is 59.7 cm³/mol. The molecule has 3 heteroatoms. The zero-order valence-electron chi connectivity index (χ0n) is 8.53. The average Bonchev–Trinajstić information content (AvgIpc) is 2.30. The molecule has 0 saturated heterocycles. The number of aryl methyl sites for hydroxylation is 1. The SMILES string of the molecule is CCc1cccc(-c2ccc(=O)[nH]n2)c1. The zero-order chi connectivity index (χ0) is 10.7. The summed E-state index contributed by atoms with van der Waals surface area (Å²) in [4.78, 5) is 10.9. The number of rotatable bonds is 2. The van der Waals surface area contributed by atoms with Crippen molar-refractivity contribution in [3.63, 3.8) is 0 Å². The summed E-state index contributed by atoms with van der Waals surface area (Å²) in [6, 6.07) is 11.4. The quantitative estimate of drug-likeness (QED) is 0.805. The normalized spacial score (nSPS) is 10.2. The van der Waals surface area contributed by atoms with Gasteiger partial charge in [0, 0.05) is 11.6 Å². The monoisotopic (exact) mass is 200 g/mol. The lowest BCUT2D eigenvalue weighted by atomic mass is 10.1. The van der Waals surface area contributed by atoms with Crippen molar-refractivity contribution >= 4 is 0 Å². The van der Waals surface area contributed by atoms with E-state index in [0.717, 1.165) is 17.7 Å². The Morgan fingerprint density at radius 2 is 2.13 bits per heavy atom. The Bertz CT molecular complexity index is 497. The minimum absolute atomic E-state index is 0.176. The van der Waals surface area contributed by atoms with Crippen LogP contribution in [0.25, 0.3) is 11.3 Å². The van der Waals surface area contributed by atoms with E-state index in [1.54, 1.807) is 6.07 Å². The van der Waals surface area contributed by atoms with E-state index in [1.165, 1.54) is 11.6 Å². The number of hydrogen-bond donors (Lipinski definition) is 1. The molecule has 1 aromatic carbocycles.